The Hall–Kier alpha value is -3.36. The van der Waals surface area contributed by atoms with Gasteiger partial charge in [-0.1, -0.05) is 0 Å². The van der Waals surface area contributed by atoms with E-state index in [-0.39, 0.29) is 6.10 Å². The SMILES string of the molecule is COc1ncccc1-c1cnn2ccc(NCCNC(=O)OC(C)C)nc12. The third-order valence-corrected chi connectivity index (χ3v) is 3.67. The molecule has 0 aromatic carbocycles. The average molecular weight is 370 g/mol. The van der Waals surface area contributed by atoms with Gasteiger partial charge in [0.25, 0.3) is 0 Å². The first-order chi connectivity index (χ1) is 13.1. The maximum Gasteiger partial charge on any atom is 0.407 e. The number of nitrogens with zero attached hydrogens (tertiary/aromatic N) is 4. The minimum absolute atomic E-state index is 0.146. The molecule has 27 heavy (non-hydrogen) atoms. The number of rotatable bonds is 7. The molecule has 3 aromatic rings. The van der Waals surface area contributed by atoms with Crippen LogP contribution in [-0.2, 0) is 4.74 Å². The largest absolute Gasteiger partial charge is 0.481 e. The van der Waals surface area contributed by atoms with E-state index >= 15 is 0 Å². The van der Waals surface area contributed by atoms with Crippen molar-refractivity contribution in [3.05, 3.63) is 36.8 Å². The first-order valence-corrected chi connectivity index (χ1v) is 8.60. The Labute approximate surface area is 156 Å². The second-order valence-corrected chi connectivity index (χ2v) is 6.01. The lowest BCUT2D eigenvalue weighted by Gasteiger charge is -2.10. The van der Waals surface area contributed by atoms with Crippen LogP contribution in [0.15, 0.2) is 36.8 Å². The van der Waals surface area contributed by atoms with Crippen molar-refractivity contribution in [2.45, 2.75) is 20.0 Å². The van der Waals surface area contributed by atoms with Gasteiger partial charge in [-0.2, -0.15) is 5.10 Å². The lowest BCUT2D eigenvalue weighted by molar-refractivity contribution is 0.116. The van der Waals surface area contributed by atoms with Gasteiger partial charge in [0.05, 0.1) is 25.0 Å². The van der Waals surface area contributed by atoms with Crippen LogP contribution in [0.2, 0.25) is 0 Å². The molecular weight excluding hydrogens is 348 g/mol. The van der Waals surface area contributed by atoms with Crippen LogP contribution in [0.1, 0.15) is 13.8 Å². The summed E-state index contributed by atoms with van der Waals surface area (Å²) < 4.78 is 12.0. The number of hydrogen-bond donors (Lipinski definition) is 2. The first-order valence-electron chi connectivity index (χ1n) is 8.60. The van der Waals surface area contributed by atoms with E-state index in [0.29, 0.717) is 30.4 Å². The van der Waals surface area contributed by atoms with Crippen molar-refractivity contribution in [2.24, 2.45) is 0 Å². The standard InChI is InChI=1S/C18H22N6O3/c1-12(2)27-18(25)21-9-8-19-15-6-10-24-16(23-15)14(11-22-24)13-5-4-7-20-17(13)26-3/h4-7,10-12H,8-9H2,1-3H3,(H,19,23)(H,21,25). The van der Waals surface area contributed by atoms with Gasteiger partial charge in [0.1, 0.15) is 5.82 Å². The van der Waals surface area contributed by atoms with Gasteiger partial charge in [0.15, 0.2) is 5.65 Å². The van der Waals surface area contributed by atoms with Gasteiger partial charge in [-0.25, -0.2) is 19.3 Å². The molecule has 3 heterocycles. The number of anilines is 1. The van der Waals surface area contributed by atoms with Gasteiger partial charge < -0.3 is 20.1 Å². The molecule has 0 spiro atoms. The highest BCUT2D eigenvalue weighted by Crippen LogP contribution is 2.30. The van der Waals surface area contributed by atoms with E-state index in [1.807, 2.05) is 24.4 Å². The predicted octanol–water partition coefficient (Wildman–Crippen LogP) is 2.35. The van der Waals surface area contributed by atoms with Crippen LogP contribution in [0.3, 0.4) is 0 Å². The van der Waals surface area contributed by atoms with E-state index in [9.17, 15) is 4.79 Å². The fourth-order valence-electron chi connectivity index (χ4n) is 2.53. The highest BCUT2D eigenvalue weighted by Gasteiger charge is 2.14. The number of fused-ring (bicyclic) bond motifs is 1. The molecule has 9 heteroatoms. The van der Waals surface area contributed by atoms with Crippen molar-refractivity contribution in [3.8, 4) is 17.0 Å². The van der Waals surface area contributed by atoms with E-state index in [2.05, 4.69) is 25.7 Å². The van der Waals surface area contributed by atoms with Gasteiger partial charge in [-0.3, -0.25) is 0 Å². The zero-order valence-corrected chi connectivity index (χ0v) is 15.5. The number of carbonyl (C=O) groups is 1. The molecule has 1 amide bonds. The Bertz CT molecular complexity index is 924. The number of amides is 1. The normalized spacial score (nSPS) is 10.8. The second kappa shape index (κ2) is 8.35. The van der Waals surface area contributed by atoms with E-state index < -0.39 is 6.09 Å². The van der Waals surface area contributed by atoms with Crippen LogP contribution in [0, 0.1) is 0 Å². The van der Waals surface area contributed by atoms with Crippen LogP contribution in [0.25, 0.3) is 16.8 Å². The van der Waals surface area contributed by atoms with Gasteiger partial charge in [-0.05, 0) is 32.0 Å². The minimum atomic E-state index is -0.433. The van der Waals surface area contributed by atoms with Crippen molar-refractivity contribution < 1.29 is 14.3 Å². The Morgan fingerprint density at radius 1 is 1.26 bits per heavy atom. The zero-order valence-electron chi connectivity index (χ0n) is 15.5. The third-order valence-electron chi connectivity index (χ3n) is 3.67. The number of hydrogen-bond acceptors (Lipinski definition) is 7. The summed E-state index contributed by atoms with van der Waals surface area (Å²) in [5.41, 5.74) is 2.32. The molecule has 0 saturated heterocycles. The highest BCUT2D eigenvalue weighted by molar-refractivity contribution is 5.80. The summed E-state index contributed by atoms with van der Waals surface area (Å²) in [5.74, 6) is 1.19. The topological polar surface area (TPSA) is 103 Å². The monoisotopic (exact) mass is 370 g/mol. The molecule has 0 aliphatic heterocycles. The maximum atomic E-state index is 11.5. The molecule has 0 aliphatic carbocycles. The Balaban J connectivity index is 1.71. The fraction of sp³-hybridized carbons (Fsp3) is 0.333. The molecule has 9 nitrogen and oxygen atoms in total. The van der Waals surface area contributed by atoms with Crippen molar-refractivity contribution in [1.29, 1.82) is 0 Å². The molecule has 0 radical (unpaired) electrons. The van der Waals surface area contributed by atoms with Gasteiger partial charge in [0, 0.05) is 31.0 Å². The van der Waals surface area contributed by atoms with Crippen LogP contribution in [0.5, 0.6) is 5.88 Å². The van der Waals surface area contributed by atoms with Crippen molar-refractivity contribution in [2.75, 3.05) is 25.5 Å². The summed E-state index contributed by atoms with van der Waals surface area (Å²) in [7, 11) is 1.58. The lowest BCUT2D eigenvalue weighted by atomic mass is 10.1. The van der Waals surface area contributed by atoms with Crippen molar-refractivity contribution in [3.63, 3.8) is 0 Å². The molecule has 3 rings (SSSR count). The molecule has 0 unspecified atom stereocenters. The van der Waals surface area contributed by atoms with Crippen LogP contribution in [0.4, 0.5) is 10.6 Å². The number of pyridine rings is 1. The highest BCUT2D eigenvalue weighted by atomic mass is 16.6. The first kappa shape index (κ1) is 18.4. The van der Waals surface area contributed by atoms with Crippen molar-refractivity contribution in [1.82, 2.24) is 24.9 Å². The van der Waals surface area contributed by atoms with Gasteiger partial charge in [-0.15, -0.1) is 0 Å². The molecule has 0 bridgehead atoms. The van der Waals surface area contributed by atoms with Crippen LogP contribution in [-0.4, -0.2) is 52.0 Å². The quantitative estimate of drug-likeness (QED) is 0.615. The Morgan fingerprint density at radius 2 is 2.11 bits per heavy atom. The number of alkyl carbamates (subject to hydrolysis) is 1. The average Bonchev–Trinajstić information content (AvgIpc) is 3.07. The molecule has 142 valence electrons. The summed E-state index contributed by atoms with van der Waals surface area (Å²) in [6.45, 7) is 4.53. The molecule has 0 atom stereocenters. The van der Waals surface area contributed by atoms with Crippen LogP contribution < -0.4 is 15.4 Å². The maximum absolute atomic E-state index is 11.5. The fourth-order valence-corrected chi connectivity index (χ4v) is 2.53. The molecule has 0 aliphatic rings. The van der Waals surface area contributed by atoms with Gasteiger partial charge in [0.2, 0.25) is 5.88 Å². The predicted molar refractivity (Wildman–Crippen MR) is 101 cm³/mol. The lowest BCUT2D eigenvalue weighted by Crippen LogP contribution is -2.31. The van der Waals surface area contributed by atoms with E-state index in [0.717, 1.165) is 11.1 Å². The van der Waals surface area contributed by atoms with E-state index in [1.54, 1.807) is 37.9 Å². The number of nitrogens with one attached hydrogen (secondary N) is 2. The summed E-state index contributed by atoms with van der Waals surface area (Å²) in [5, 5.41) is 10.2. The minimum Gasteiger partial charge on any atom is -0.481 e. The number of carbonyl (C=O) groups excluding carboxylic acids is 1. The second-order valence-electron chi connectivity index (χ2n) is 6.01. The summed E-state index contributed by atoms with van der Waals surface area (Å²) >= 11 is 0. The number of ether oxygens (including phenoxy) is 2. The summed E-state index contributed by atoms with van der Waals surface area (Å²) in [6.07, 6.45) is 4.64. The van der Waals surface area contributed by atoms with E-state index in [4.69, 9.17) is 9.47 Å². The third kappa shape index (κ3) is 4.43. The Kier molecular flexibility index (Phi) is 5.70. The molecular formula is C18H22N6O3. The molecule has 3 aromatic heterocycles. The van der Waals surface area contributed by atoms with Gasteiger partial charge >= 0.3 is 6.09 Å². The van der Waals surface area contributed by atoms with E-state index in [1.165, 1.54) is 0 Å². The number of aromatic nitrogens is 4. The van der Waals surface area contributed by atoms with Crippen molar-refractivity contribution >= 4 is 17.6 Å². The van der Waals surface area contributed by atoms with Crippen LogP contribution >= 0.6 is 0 Å². The molecule has 2 N–H and O–H groups in total. The smallest absolute Gasteiger partial charge is 0.407 e. The Morgan fingerprint density at radius 3 is 2.89 bits per heavy atom. The summed E-state index contributed by atoms with van der Waals surface area (Å²) in [6, 6.07) is 5.57. The molecule has 0 saturated carbocycles. The zero-order chi connectivity index (χ0) is 19.2. The number of methoxy groups -OCH3 is 1. The summed E-state index contributed by atoms with van der Waals surface area (Å²) in [4.78, 5) is 20.3. The molecule has 0 fully saturated rings.